The van der Waals surface area contributed by atoms with Gasteiger partial charge in [-0.1, -0.05) is 51.5 Å². The smallest absolute Gasteiger partial charge is 0.305 e. The van der Waals surface area contributed by atoms with E-state index in [1.165, 1.54) is 32.1 Å². The Bertz CT molecular complexity index is 544. The number of unbranched alkanes of at least 4 members (excludes halogenated alkanes) is 7. The van der Waals surface area contributed by atoms with E-state index >= 15 is 0 Å². The zero-order chi connectivity index (χ0) is 19.2. The lowest BCUT2D eigenvalue weighted by Crippen LogP contribution is -2.04. The van der Waals surface area contributed by atoms with Crippen LogP contribution < -0.4 is 9.47 Å². The molecule has 1 aromatic carbocycles. The standard InChI is InChI=1S/C22H34O5/c1-2-11-22(23)25-15-10-8-6-4-3-5-7-9-14-24-17-19-12-13-20-21(16-19)27-18-26-20/h12-13,16H,2-11,14-15,17-18H2,1H3. The van der Waals surface area contributed by atoms with Gasteiger partial charge in [0.2, 0.25) is 6.79 Å². The van der Waals surface area contributed by atoms with Crippen LogP contribution >= 0.6 is 0 Å². The third-order valence-corrected chi connectivity index (χ3v) is 4.61. The van der Waals surface area contributed by atoms with E-state index in [0.29, 0.717) is 26.4 Å². The van der Waals surface area contributed by atoms with E-state index in [9.17, 15) is 4.79 Å². The fourth-order valence-corrected chi connectivity index (χ4v) is 3.05. The lowest BCUT2D eigenvalue weighted by atomic mass is 10.1. The van der Waals surface area contributed by atoms with Crippen molar-refractivity contribution in [2.45, 2.75) is 77.7 Å². The summed E-state index contributed by atoms with van der Waals surface area (Å²) >= 11 is 0. The van der Waals surface area contributed by atoms with Crippen molar-refractivity contribution in [3.05, 3.63) is 23.8 Å². The number of hydrogen-bond donors (Lipinski definition) is 0. The van der Waals surface area contributed by atoms with Gasteiger partial charge < -0.3 is 18.9 Å². The lowest BCUT2D eigenvalue weighted by Gasteiger charge is -2.06. The molecule has 5 heteroatoms. The predicted molar refractivity (Wildman–Crippen MR) is 105 cm³/mol. The maximum Gasteiger partial charge on any atom is 0.305 e. The number of carbonyl (C=O) groups excluding carboxylic acids is 1. The molecule has 0 saturated heterocycles. The maximum absolute atomic E-state index is 11.2. The molecule has 0 radical (unpaired) electrons. The molecule has 1 heterocycles. The molecule has 0 aromatic heterocycles. The summed E-state index contributed by atoms with van der Waals surface area (Å²) in [5.74, 6) is 1.57. The molecule has 0 N–H and O–H groups in total. The normalized spacial score (nSPS) is 12.3. The van der Waals surface area contributed by atoms with Gasteiger partial charge >= 0.3 is 5.97 Å². The minimum Gasteiger partial charge on any atom is -0.466 e. The first-order chi connectivity index (χ1) is 13.3. The van der Waals surface area contributed by atoms with Crippen molar-refractivity contribution in [1.29, 1.82) is 0 Å². The summed E-state index contributed by atoms with van der Waals surface area (Å²) in [5, 5.41) is 0. The van der Waals surface area contributed by atoms with E-state index in [2.05, 4.69) is 0 Å². The fraction of sp³-hybridized carbons (Fsp3) is 0.682. The summed E-state index contributed by atoms with van der Waals surface area (Å²) in [6.45, 7) is 4.31. The molecule has 0 amide bonds. The topological polar surface area (TPSA) is 54.0 Å². The molecule has 0 fully saturated rings. The zero-order valence-electron chi connectivity index (χ0n) is 16.7. The Morgan fingerprint density at radius 3 is 2.33 bits per heavy atom. The highest BCUT2D eigenvalue weighted by Gasteiger charge is 2.12. The van der Waals surface area contributed by atoms with E-state index in [4.69, 9.17) is 18.9 Å². The van der Waals surface area contributed by atoms with Crippen molar-refractivity contribution in [2.75, 3.05) is 20.0 Å². The molecule has 0 atom stereocenters. The molecular formula is C22H34O5. The summed E-state index contributed by atoms with van der Waals surface area (Å²) in [4.78, 5) is 11.2. The summed E-state index contributed by atoms with van der Waals surface area (Å²) in [5.41, 5.74) is 1.12. The van der Waals surface area contributed by atoms with Crippen LogP contribution in [0.3, 0.4) is 0 Å². The number of fused-ring (bicyclic) bond motifs is 1. The molecule has 2 rings (SSSR count). The Morgan fingerprint density at radius 1 is 0.926 bits per heavy atom. The van der Waals surface area contributed by atoms with Gasteiger partial charge in [-0.25, -0.2) is 0 Å². The lowest BCUT2D eigenvalue weighted by molar-refractivity contribution is -0.143. The van der Waals surface area contributed by atoms with E-state index in [1.807, 2.05) is 25.1 Å². The second-order valence-corrected chi connectivity index (χ2v) is 7.04. The van der Waals surface area contributed by atoms with Crippen molar-refractivity contribution >= 4 is 5.97 Å². The van der Waals surface area contributed by atoms with Gasteiger partial charge in [-0.3, -0.25) is 4.79 Å². The van der Waals surface area contributed by atoms with Gasteiger partial charge in [0, 0.05) is 13.0 Å². The first kappa shape index (κ1) is 21.5. The van der Waals surface area contributed by atoms with E-state index in [1.54, 1.807) is 0 Å². The van der Waals surface area contributed by atoms with Gasteiger partial charge in [0.05, 0.1) is 13.2 Å². The Hall–Kier alpha value is -1.75. The Labute approximate surface area is 163 Å². The minimum atomic E-state index is -0.0572. The van der Waals surface area contributed by atoms with E-state index < -0.39 is 0 Å². The summed E-state index contributed by atoms with van der Waals surface area (Å²) in [7, 11) is 0. The number of benzene rings is 1. The van der Waals surface area contributed by atoms with Crippen molar-refractivity contribution in [1.82, 2.24) is 0 Å². The second-order valence-electron chi connectivity index (χ2n) is 7.04. The first-order valence-electron chi connectivity index (χ1n) is 10.4. The van der Waals surface area contributed by atoms with E-state index in [-0.39, 0.29) is 5.97 Å². The largest absolute Gasteiger partial charge is 0.466 e. The molecule has 27 heavy (non-hydrogen) atoms. The van der Waals surface area contributed by atoms with Crippen molar-refractivity contribution in [3.63, 3.8) is 0 Å². The average molecular weight is 379 g/mol. The van der Waals surface area contributed by atoms with Crippen LogP contribution in [0.4, 0.5) is 0 Å². The quantitative estimate of drug-likeness (QED) is 0.302. The van der Waals surface area contributed by atoms with Crippen LogP contribution in [0.25, 0.3) is 0 Å². The molecule has 0 aliphatic carbocycles. The summed E-state index contributed by atoms with van der Waals surface area (Å²) in [6.07, 6.45) is 10.9. The summed E-state index contributed by atoms with van der Waals surface area (Å²) < 4.78 is 21.6. The highest BCUT2D eigenvalue weighted by atomic mass is 16.7. The van der Waals surface area contributed by atoms with Crippen molar-refractivity contribution in [2.24, 2.45) is 0 Å². The first-order valence-corrected chi connectivity index (χ1v) is 10.4. The molecule has 0 saturated carbocycles. The Kier molecular flexibility index (Phi) is 10.7. The highest BCUT2D eigenvalue weighted by Crippen LogP contribution is 2.32. The third-order valence-electron chi connectivity index (χ3n) is 4.61. The number of esters is 1. The van der Waals surface area contributed by atoms with Crippen LogP contribution in [0.1, 0.15) is 76.7 Å². The average Bonchev–Trinajstić information content (AvgIpc) is 3.13. The number of ether oxygens (including phenoxy) is 4. The summed E-state index contributed by atoms with van der Waals surface area (Å²) in [6, 6.07) is 5.96. The molecule has 0 bridgehead atoms. The van der Waals surface area contributed by atoms with Crippen LogP contribution in [-0.4, -0.2) is 26.0 Å². The second kappa shape index (κ2) is 13.4. The number of rotatable bonds is 15. The zero-order valence-corrected chi connectivity index (χ0v) is 16.7. The molecule has 152 valence electrons. The molecule has 0 spiro atoms. The highest BCUT2D eigenvalue weighted by molar-refractivity contribution is 5.69. The van der Waals surface area contributed by atoms with Crippen molar-refractivity contribution in [3.8, 4) is 11.5 Å². The van der Waals surface area contributed by atoms with Crippen LogP contribution in [0.2, 0.25) is 0 Å². The maximum atomic E-state index is 11.2. The minimum absolute atomic E-state index is 0.0572. The van der Waals surface area contributed by atoms with E-state index in [0.717, 1.165) is 49.4 Å². The number of hydrogen-bond acceptors (Lipinski definition) is 5. The molecular weight excluding hydrogens is 344 g/mol. The van der Waals surface area contributed by atoms with Gasteiger partial charge in [0.25, 0.3) is 0 Å². The Morgan fingerprint density at radius 2 is 1.59 bits per heavy atom. The van der Waals surface area contributed by atoms with Gasteiger partial charge in [-0.05, 0) is 37.0 Å². The van der Waals surface area contributed by atoms with Gasteiger partial charge in [-0.2, -0.15) is 0 Å². The Balaban J connectivity index is 1.33. The molecule has 1 aliphatic heterocycles. The van der Waals surface area contributed by atoms with Gasteiger partial charge in [0.1, 0.15) is 0 Å². The van der Waals surface area contributed by atoms with Crippen LogP contribution in [-0.2, 0) is 20.9 Å². The SMILES string of the molecule is CCCC(=O)OCCCCCCCCCCOCc1ccc2c(c1)OCO2. The third kappa shape index (κ3) is 9.14. The monoisotopic (exact) mass is 378 g/mol. The predicted octanol–water partition coefficient (Wildman–Crippen LogP) is 5.40. The van der Waals surface area contributed by atoms with Crippen molar-refractivity contribution < 1.29 is 23.7 Å². The fourth-order valence-electron chi connectivity index (χ4n) is 3.05. The molecule has 1 aliphatic rings. The van der Waals surface area contributed by atoms with Crippen LogP contribution in [0.15, 0.2) is 18.2 Å². The molecule has 1 aromatic rings. The molecule has 5 nitrogen and oxygen atoms in total. The number of carbonyl (C=O) groups is 1. The van der Waals surface area contributed by atoms with Gasteiger partial charge in [-0.15, -0.1) is 0 Å². The van der Waals surface area contributed by atoms with Crippen LogP contribution in [0.5, 0.6) is 11.5 Å². The molecule has 0 unspecified atom stereocenters. The van der Waals surface area contributed by atoms with Crippen LogP contribution in [0, 0.1) is 0 Å². The van der Waals surface area contributed by atoms with Gasteiger partial charge in [0.15, 0.2) is 11.5 Å².